The molecule has 0 unspecified atom stereocenters. The summed E-state index contributed by atoms with van der Waals surface area (Å²) in [7, 11) is 1.85. The van der Waals surface area contributed by atoms with Gasteiger partial charge in [0.1, 0.15) is 12.1 Å². The fourth-order valence-electron chi connectivity index (χ4n) is 2.34. The number of carbonyl (C=O) groups is 1. The smallest absolute Gasteiger partial charge is 0.239 e. The molecule has 0 fully saturated rings. The Morgan fingerprint density at radius 3 is 2.74 bits per heavy atom. The van der Waals surface area contributed by atoms with E-state index in [2.05, 4.69) is 20.3 Å². The molecule has 3 rings (SSSR count). The van der Waals surface area contributed by atoms with Crippen LogP contribution in [0.1, 0.15) is 5.56 Å². The highest BCUT2D eigenvalue weighted by molar-refractivity contribution is 5.91. The third-order valence-corrected chi connectivity index (χ3v) is 3.50. The highest BCUT2D eigenvalue weighted by atomic mass is 16.2. The van der Waals surface area contributed by atoms with Crippen LogP contribution in [0.4, 0.5) is 5.82 Å². The van der Waals surface area contributed by atoms with Crippen molar-refractivity contribution in [1.29, 1.82) is 0 Å². The number of anilines is 1. The molecule has 3 aromatic rings. The monoisotopic (exact) mass is 307 g/mol. The number of rotatable bonds is 5. The van der Waals surface area contributed by atoms with E-state index in [1.165, 1.54) is 6.33 Å². The van der Waals surface area contributed by atoms with Crippen molar-refractivity contribution < 1.29 is 4.79 Å². The van der Waals surface area contributed by atoms with Crippen LogP contribution in [-0.2, 0) is 11.3 Å². The van der Waals surface area contributed by atoms with E-state index in [0.29, 0.717) is 6.54 Å². The number of benzene rings is 1. The van der Waals surface area contributed by atoms with Crippen LogP contribution in [-0.4, -0.2) is 34.5 Å². The number of aromatic nitrogens is 3. The van der Waals surface area contributed by atoms with Crippen molar-refractivity contribution in [2.24, 2.45) is 0 Å². The second-order valence-electron chi connectivity index (χ2n) is 5.20. The van der Waals surface area contributed by atoms with Gasteiger partial charge in [-0.15, -0.1) is 0 Å². The minimum Gasteiger partial charge on any atom is -0.350 e. The van der Waals surface area contributed by atoms with E-state index in [9.17, 15) is 4.79 Å². The maximum absolute atomic E-state index is 12.1. The highest BCUT2D eigenvalue weighted by Crippen LogP contribution is 2.21. The second kappa shape index (κ2) is 6.83. The maximum Gasteiger partial charge on any atom is 0.239 e. The molecule has 116 valence electrons. The second-order valence-corrected chi connectivity index (χ2v) is 5.20. The molecule has 2 heterocycles. The Labute approximate surface area is 134 Å². The predicted octanol–water partition coefficient (Wildman–Crippen LogP) is 1.78. The number of likely N-dealkylation sites (N-methyl/N-ethyl adjacent to an activating group) is 1. The summed E-state index contributed by atoms with van der Waals surface area (Å²) >= 11 is 0. The van der Waals surface area contributed by atoms with Crippen LogP contribution in [0, 0.1) is 0 Å². The molecule has 0 atom stereocenters. The Morgan fingerprint density at radius 2 is 1.91 bits per heavy atom. The van der Waals surface area contributed by atoms with Gasteiger partial charge in [0, 0.05) is 31.4 Å². The number of hydrogen-bond acceptors (Lipinski definition) is 5. The number of fused-ring (bicyclic) bond motifs is 1. The van der Waals surface area contributed by atoms with Gasteiger partial charge in [-0.2, -0.15) is 0 Å². The SMILES string of the molecule is CN(CC(=O)NCc1ccncc1)c1ncnc2ccccc12. The number of carbonyl (C=O) groups excluding carboxylic acids is 1. The Balaban J connectivity index is 1.66. The third-order valence-electron chi connectivity index (χ3n) is 3.50. The van der Waals surface area contributed by atoms with Crippen molar-refractivity contribution in [3.05, 3.63) is 60.7 Å². The summed E-state index contributed by atoms with van der Waals surface area (Å²) in [6.45, 7) is 0.714. The van der Waals surface area contributed by atoms with E-state index >= 15 is 0 Å². The number of para-hydroxylation sites is 1. The van der Waals surface area contributed by atoms with Gasteiger partial charge in [-0.25, -0.2) is 9.97 Å². The summed E-state index contributed by atoms with van der Waals surface area (Å²) in [6.07, 6.45) is 4.93. The third kappa shape index (κ3) is 3.60. The molecule has 1 amide bonds. The van der Waals surface area contributed by atoms with Gasteiger partial charge in [-0.1, -0.05) is 12.1 Å². The van der Waals surface area contributed by atoms with Crippen LogP contribution in [0.3, 0.4) is 0 Å². The van der Waals surface area contributed by atoms with Crippen molar-refractivity contribution in [2.45, 2.75) is 6.54 Å². The maximum atomic E-state index is 12.1. The van der Waals surface area contributed by atoms with Crippen LogP contribution >= 0.6 is 0 Å². The normalized spacial score (nSPS) is 10.5. The molecule has 0 saturated carbocycles. The average Bonchev–Trinajstić information content (AvgIpc) is 2.60. The van der Waals surface area contributed by atoms with Crippen LogP contribution in [0.5, 0.6) is 0 Å². The standard InChI is InChI=1S/C17H17N5O/c1-22(11-16(23)19-10-13-6-8-18-9-7-13)17-14-4-2-3-5-15(14)20-12-21-17/h2-9,12H,10-11H2,1H3,(H,19,23). The summed E-state index contributed by atoms with van der Waals surface area (Å²) < 4.78 is 0. The zero-order valence-electron chi connectivity index (χ0n) is 12.8. The Kier molecular flexibility index (Phi) is 4.42. The molecule has 0 radical (unpaired) electrons. The summed E-state index contributed by atoms with van der Waals surface area (Å²) in [5.74, 6) is 0.682. The van der Waals surface area contributed by atoms with Crippen molar-refractivity contribution in [3.8, 4) is 0 Å². The lowest BCUT2D eigenvalue weighted by Gasteiger charge is -2.19. The quantitative estimate of drug-likeness (QED) is 0.778. The Bertz CT molecular complexity index is 801. The number of amides is 1. The van der Waals surface area contributed by atoms with E-state index in [0.717, 1.165) is 22.3 Å². The molecule has 6 heteroatoms. The first-order valence-corrected chi connectivity index (χ1v) is 7.30. The first kappa shape index (κ1) is 14.9. The molecule has 0 bridgehead atoms. The molecule has 0 aliphatic heterocycles. The Morgan fingerprint density at radius 1 is 1.13 bits per heavy atom. The molecule has 6 nitrogen and oxygen atoms in total. The van der Waals surface area contributed by atoms with E-state index in [4.69, 9.17) is 0 Å². The lowest BCUT2D eigenvalue weighted by atomic mass is 10.2. The van der Waals surface area contributed by atoms with Gasteiger partial charge in [0.05, 0.1) is 12.1 Å². The van der Waals surface area contributed by atoms with Gasteiger partial charge in [0.2, 0.25) is 5.91 Å². The lowest BCUT2D eigenvalue weighted by molar-refractivity contribution is -0.119. The minimum absolute atomic E-state index is 0.0630. The number of nitrogens with one attached hydrogen (secondary N) is 1. The van der Waals surface area contributed by atoms with Gasteiger partial charge in [0.25, 0.3) is 0 Å². The van der Waals surface area contributed by atoms with Crippen molar-refractivity contribution in [3.63, 3.8) is 0 Å². The molecule has 0 aliphatic carbocycles. The van der Waals surface area contributed by atoms with Crippen LogP contribution in [0.2, 0.25) is 0 Å². The van der Waals surface area contributed by atoms with Crippen LogP contribution in [0.15, 0.2) is 55.1 Å². The van der Waals surface area contributed by atoms with Crippen LogP contribution in [0.25, 0.3) is 10.9 Å². The topological polar surface area (TPSA) is 71.0 Å². The van der Waals surface area contributed by atoms with Gasteiger partial charge >= 0.3 is 0 Å². The van der Waals surface area contributed by atoms with Crippen molar-refractivity contribution >= 4 is 22.6 Å². The molecular formula is C17H17N5O. The molecule has 0 spiro atoms. The minimum atomic E-state index is -0.0630. The summed E-state index contributed by atoms with van der Waals surface area (Å²) in [5, 5.41) is 3.83. The summed E-state index contributed by atoms with van der Waals surface area (Å²) in [5.41, 5.74) is 1.88. The largest absolute Gasteiger partial charge is 0.350 e. The van der Waals surface area contributed by atoms with E-state index in [-0.39, 0.29) is 12.5 Å². The molecule has 0 saturated heterocycles. The highest BCUT2D eigenvalue weighted by Gasteiger charge is 2.11. The fourth-order valence-corrected chi connectivity index (χ4v) is 2.34. The number of pyridine rings is 1. The van der Waals surface area contributed by atoms with Gasteiger partial charge < -0.3 is 10.2 Å². The number of hydrogen-bond donors (Lipinski definition) is 1. The van der Waals surface area contributed by atoms with Gasteiger partial charge in [0.15, 0.2) is 0 Å². The molecule has 1 N–H and O–H groups in total. The van der Waals surface area contributed by atoms with Crippen molar-refractivity contribution in [2.75, 3.05) is 18.5 Å². The zero-order chi connectivity index (χ0) is 16.1. The van der Waals surface area contributed by atoms with E-state index in [1.54, 1.807) is 12.4 Å². The zero-order valence-corrected chi connectivity index (χ0v) is 12.8. The fraction of sp³-hybridized carbons (Fsp3) is 0.176. The van der Waals surface area contributed by atoms with Crippen molar-refractivity contribution in [1.82, 2.24) is 20.3 Å². The Hall–Kier alpha value is -3.02. The molecular weight excluding hydrogens is 290 g/mol. The number of nitrogens with zero attached hydrogens (tertiary/aromatic N) is 4. The van der Waals surface area contributed by atoms with E-state index < -0.39 is 0 Å². The predicted molar refractivity (Wildman–Crippen MR) is 88.9 cm³/mol. The van der Waals surface area contributed by atoms with Gasteiger partial charge in [-0.3, -0.25) is 9.78 Å². The molecule has 0 aliphatic rings. The lowest BCUT2D eigenvalue weighted by Crippen LogP contribution is -2.35. The van der Waals surface area contributed by atoms with Crippen LogP contribution < -0.4 is 10.2 Å². The summed E-state index contributed by atoms with van der Waals surface area (Å²) in [6, 6.07) is 11.5. The van der Waals surface area contributed by atoms with Gasteiger partial charge in [-0.05, 0) is 29.8 Å². The molecule has 1 aromatic carbocycles. The first-order valence-electron chi connectivity index (χ1n) is 7.30. The molecule has 2 aromatic heterocycles. The molecule has 23 heavy (non-hydrogen) atoms. The first-order chi connectivity index (χ1) is 11.2. The van der Waals surface area contributed by atoms with E-state index in [1.807, 2.05) is 48.3 Å². The summed E-state index contributed by atoms with van der Waals surface area (Å²) in [4.78, 5) is 26.4. The average molecular weight is 307 g/mol.